The number of nitrogens with two attached hydrogens (primary N) is 1. The van der Waals surface area contributed by atoms with Gasteiger partial charge in [0.15, 0.2) is 0 Å². The smallest absolute Gasteiger partial charge is 0.337 e. The number of benzene rings is 1. The predicted octanol–water partition coefficient (Wildman–Crippen LogP) is 0.497. The van der Waals surface area contributed by atoms with Gasteiger partial charge in [-0.1, -0.05) is 0 Å². The van der Waals surface area contributed by atoms with E-state index >= 15 is 0 Å². The normalized spacial score (nSPS) is 16.1. The molecule has 8 heteroatoms. The van der Waals surface area contributed by atoms with Crippen LogP contribution in [0.25, 0.3) is 0 Å². The minimum Gasteiger partial charge on any atom is -0.495 e. The fourth-order valence-electron chi connectivity index (χ4n) is 2.11. The third-order valence-corrected chi connectivity index (χ3v) is 5.07. The van der Waals surface area contributed by atoms with E-state index in [1.807, 2.05) is 0 Å². The van der Waals surface area contributed by atoms with Crippen LogP contribution in [-0.2, 0) is 14.8 Å². The molecule has 1 atom stereocenters. The molecule has 0 aromatic heterocycles. The molecule has 7 nitrogen and oxygen atoms in total. The molecule has 1 saturated carbocycles. The van der Waals surface area contributed by atoms with Gasteiger partial charge in [0.2, 0.25) is 10.0 Å². The van der Waals surface area contributed by atoms with Crippen molar-refractivity contribution in [2.75, 3.05) is 20.8 Å². The Morgan fingerprint density at radius 3 is 2.64 bits per heavy atom. The maximum Gasteiger partial charge on any atom is 0.337 e. The third kappa shape index (κ3) is 3.76. The van der Waals surface area contributed by atoms with Crippen molar-refractivity contribution < 1.29 is 22.7 Å². The van der Waals surface area contributed by atoms with Crippen molar-refractivity contribution >= 4 is 16.0 Å². The average Bonchev–Trinajstić information content (AvgIpc) is 3.36. The summed E-state index contributed by atoms with van der Waals surface area (Å²) < 4.78 is 36.9. The Morgan fingerprint density at radius 1 is 1.41 bits per heavy atom. The lowest BCUT2D eigenvalue weighted by atomic mass is 10.2. The van der Waals surface area contributed by atoms with Gasteiger partial charge in [-0.3, -0.25) is 0 Å². The topological polar surface area (TPSA) is 108 Å². The van der Waals surface area contributed by atoms with Crippen LogP contribution in [0.2, 0.25) is 0 Å². The molecular formula is C14H20N2O5S. The molecule has 0 heterocycles. The molecule has 0 bridgehead atoms. The zero-order valence-electron chi connectivity index (χ0n) is 12.5. The van der Waals surface area contributed by atoms with Gasteiger partial charge in [0.1, 0.15) is 10.6 Å². The van der Waals surface area contributed by atoms with Crippen molar-refractivity contribution in [1.29, 1.82) is 0 Å². The van der Waals surface area contributed by atoms with Gasteiger partial charge in [-0.15, -0.1) is 0 Å². The van der Waals surface area contributed by atoms with Gasteiger partial charge in [-0.2, -0.15) is 0 Å². The van der Waals surface area contributed by atoms with Gasteiger partial charge in [0, 0.05) is 12.6 Å². The number of hydrogen-bond donors (Lipinski definition) is 2. The molecule has 3 N–H and O–H groups in total. The van der Waals surface area contributed by atoms with E-state index in [0.29, 0.717) is 5.92 Å². The number of ether oxygens (including phenoxy) is 2. The number of hydrogen-bond acceptors (Lipinski definition) is 6. The maximum atomic E-state index is 12.3. The van der Waals surface area contributed by atoms with E-state index in [0.717, 1.165) is 12.8 Å². The van der Waals surface area contributed by atoms with Crippen LogP contribution < -0.4 is 15.2 Å². The van der Waals surface area contributed by atoms with Crippen LogP contribution in [0.3, 0.4) is 0 Å². The molecule has 1 fully saturated rings. The summed E-state index contributed by atoms with van der Waals surface area (Å²) in [4.78, 5) is 11.4. The zero-order valence-corrected chi connectivity index (χ0v) is 13.4. The van der Waals surface area contributed by atoms with Crippen molar-refractivity contribution in [3.8, 4) is 5.75 Å². The molecule has 0 saturated heterocycles. The molecule has 1 aliphatic carbocycles. The van der Waals surface area contributed by atoms with Crippen molar-refractivity contribution in [3.63, 3.8) is 0 Å². The van der Waals surface area contributed by atoms with E-state index in [4.69, 9.17) is 10.5 Å². The number of rotatable bonds is 7. The third-order valence-electron chi connectivity index (χ3n) is 3.61. The van der Waals surface area contributed by atoms with Crippen LogP contribution in [0.15, 0.2) is 23.1 Å². The highest BCUT2D eigenvalue weighted by atomic mass is 32.2. The lowest BCUT2D eigenvalue weighted by Gasteiger charge is -2.14. The fourth-order valence-corrected chi connectivity index (χ4v) is 3.33. The van der Waals surface area contributed by atoms with Gasteiger partial charge in [0.05, 0.1) is 19.8 Å². The molecular weight excluding hydrogens is 308 g/mol. The van der Waals surface area contributed by atoms with Crippen LogP contribution in [0.5, 0.6) is 5.75 Å². The van der Waals surface area contributed by atoms with E-state index < -0.39 is 16.0 Å². The van der Waals surface area contributed by atoms with Crippen molar-refractivity contribution in [1.82, 2.24) is 4.72 Å². The highest BCUT2D eigenvalue weighted by Crippen LogP contribution is 2.31. The number of carbonyl (C=O) groups is 1. The predicted molar refractivity (Wildman–Crippen MR) is 80.2 cm³/mol. The summed E-state index contributed by atoms with van der Waals surface area (Å²) in [6, 6.07) is 3.84. The first-order chi connectivity index (χ1) is 10.4. The summed E-state index contributed by atoms with van der Waals surface area (Å²) >= 11 is 0. The van der Waals surface area contributed by atoms with Gasteiger partial charge < -0.3 is 15.2 Å². The lowest BCUT2D eigenvalue weighted by molar-refractivity contribution is 0.0600. The Labute approximate surface area is 129 Å². The zero-order chi connectivity index (χ0) is 16.3. The van der Waals surface area contributed by atoms with E-state index in [1.54, 1.807) is 0 Å². The van der Waals surface area contributed by atoms with E-state index in [1.165, 1.54) is 32.4 Å². The lowest BCUT2D eigenvalue weighted by Crippen LogP contribution is -2.38. The fraction of sp³-hybridized carbons (Fsp3) is 0.500. The molecule has 2 rings (SSSR count). The minimum absolute atomic E-state index is 0.0364. The Kier molecular flexibility index (Phi) is 5.05. The van der Waals surface area contributed by atoms with E-state index in [9.17, 15) is 13.2 Å². The Morgan fingerprint density at radius 2 is 2.09 bits per heavy atom. The van der Waals surface area contributed by atoms with Crippen LogP contribution in [0.1, 0.15) is 23.2 Å². The van der Waals surface area contributed by atoms with Crippen molar-refractivity contribution in [3.05, 3.63) is 23.8 Å². The molecule has 0 aliphatic heterocycles. The largest absolute Gasteiger partial charge is 0.495 e. The average molecular weight is 328 g/mol. The molecule has 122 valence electrons. The standard InChI is InChI=1S/C14H20N2O5S/c1-20-12-7-10(14(17)21-2)5-6-13(12)22(18,19)16-8-11(15)9-3-4-9/h5-7,9,11,16H,3-4,8,15H2,1-2H3. The summed E-state index contributed by atoms with van der Waals surface area (Å²) in [6.45, 7) is 0.176. The molecule has 1 aromatic carbocycles. The first kappa shape index (κ1) is 16.7. The number of sulfonamides is 1. The van der Waals surface area contributed by atoms with Gasteiger partial charge in [-0.25, -0.2) is 17.9 Å². The number of esters is 1. The molecule has 0 spiro atoms. The second-order valence-corrected chi connectivity index (χ2v) is 6.95. The summed E-state index contributed by atoms with van der Waals surface area (Å²) in [7, 11) is -1.17. The highest BCUT2D eigenvalue weighted by molar-refractivity contribution is 7.89. The Balaban J connectivity index is 2.19. The maximum absolute atomic E-state index is 12.3. The second kappa shape index (κ2) is 6.64. The second-order valence-electron chi connectivity index (χ2n) is 5.21. The summed E-state index contributed by atoms with van der Waals surface area (Å²) in [5.74, 6) is -0.0901. The van der Waals surface area contributed by atoms with E-state index in [-0.39, 0.29) is 28.8 Å². The number of methoxy groups -OCH3 is 2. The Hall–Kier alpha value is -1.64. The van der Waals surface area contributed by atoms with Crippen molar-refractivity contribution in [2.24, 2.45) is 11.7 Å². The van der Waals surface area contributed by atoms with Crippen LogP contribution in [0.4, 0.5) is 0 Å². The molecule has 1 aliphatic rings. The molecule has 1 unspecified atom stereocenters. The first-order valence-corrected chi connectivity index (χ1v) is 8.39. The molecule has 1 aromatic rings. The van der Waals surface area contributed by atoms with E-state index in [2.05, 4.69) is 9.46 Å². The van der Waals surface area contributed by atoms with Crippen LogP contribution in [0, 0.1) is 5.92 Å². The summed E-state index contributed by atoms with van der Waals surface area (Å²) in [5.41, 5.74) is 6.11. The quantitative estimate of drug-likeness (QED) is 0.706. The van der Waals surface area contributed by atoms with Gasteiger partial charge in [-0.05, 0) is 37.0 Å². The van der Waals surface area contributed by atoms with Gasteiger partial charge >= 0.3 is 5.97 Å². The SMILES string of the molecule is COC(=O)c1ccc(S(=O)(=O)NCC(N)C2CC2)c(OC)c1. The molecule has 0 amide bonds. The molecule has 22 heavy (non-hydrogen) atoms. The minimum atomic E-state index is -3.76. The first-order valence-electron chi connectivity index (χ1n) is 6.90. The Bertz CT molecular complexity index is 655. The number of carbonyl (C=O) groups excluding carboxylic acids is 1. The van der Waals surface area contributed by atoms with Gasteiger partial charge in [0.25, 0.3) is 0 Å². The summed E-state index contributed by atoms with van der Waals surface area (Å²) in [6.07, 6.45) is 2.08. The monoisotopic (exact) mass is 328 g/mol. The highest BCUT2D eigenvalue weighted by Gasteiger charge is 2.30. The van der Waals surface area contributed by atoms with Crippen molar-refractivity contribution in [2.45, 2.75) is 23.8 Å². The van der Waals surface area contributed by atoms with Crippen LogP contribution in [-0.4, -0.2) is 41.2 Å². The summed E-state index contributed by atoms with van der Waals surface area (Å²) in [5, 5.41) is 0. The van der Waals surface area contributed by atoms with Crippen LogP contribution >= 0.6 is 0 Å². The number of nitrogens with one attached hydrogen (secondary N) is 1. The molecule has 0 radical (unpaired) electrons.